The molecule has 33 heavy (non-hydrogen) atoms. The molecule has 0 aromatic rings. The third-order valence-electron chi connectivity index (χ3n) is 7.70. The molecule has 4 aliphatic rings. The predicted octanol–water partition coefficient (Wildman–Crippen LogP) is 5.31. The Bertz CT molecular complexity index is 749. The molecule has 2 aliphatic carbocycles. The largest absolute Gasteiger partial charge is 0.378 e. The second-order valence-corrected chi connectivity index (χ2v) is 11.4. The van der Waals surface area contributed by atoms with Gasteiger partial charge in [-0.25, -0.2) is 4.39 Å². The predicted molar refractivity (Wildman–Crippen MR) is 135 cm³/mol. The van der Waals surface area contributed by atoms with Crippen LogP contribution in [0.1, 0.15) is 71.6 Å². The average Bonchev–Trinajstić information content (AvgIpc) is 2.81. The molecular formula is C26H39FINO4. The number of carbonyl (C=O) groups is 1. The van der Waals surface area contributed by atoms with E-state index in [1.54, 1.807) is 0 Å². The van der Waals surface area contributed by atoms with Crippen LogP contribution >= 0.6 is 22.6 Å². The maximum Gasteiger partial charge on any atom is 0.249 e. The van der Waals surface area contributed by atoms with Gasteiger partial charge in [0.25, 0.3) is 0 Å². The molecule has 4 unspecified atom stereocenters. The van der Waals surface area contributed by atoms with Crippen molar-refractivity contribution in [1.82, 2.24) is 4.90 Å². The Kier molecular flexibility index (Phi) is 8.90. The van der Waals surface area contributed by atoms with Crippen LogP contribution in [0, 0.1) is 0 Å². The van der Waals surface area contributed by atoms with Crippen molar-refractivity contribution in [3.05, 3.63) is 23.3 Å². The van der Waals surface area contributed by atoms with Crippen molar-refractivity contribution in [2.75, 3.05) is 26.3 Å². The first-order valence-corrected chi connectivity index (χ1v) is 14.1. The van der Waals surface area contributed by atoms with Crippen LogP contribution in [0.2, 0.25) is 0 Å². The van der Waals surface area contributed by atoms with Gasteiger partial charge in [-0.1, -0.05) is 34.7 Å². The summed E-state index contributed by atoms with van der Waals surface area (Å²) in [5, 5.41) is 0. The van der Waals surface area contributed by atoms with Gasteiger partial charge in [-0.15, -0.1) is 0 Å². The summed E-state index contributed by atoms with van der Waals surface area (Å²) in [4.78, 5) is 15.3. The third kappa shape index (κ3) is 6.19. The lowest BCUT2D eigenvalue weighted by atomic mass is 9.79. The fourth-order valence-corrected chi connectivity index (χ4v) is 6.89. The molecule has 0 saturated carbocycles. The van der Waals surface area contributed by atoms with E-state index in [1.807, 2.05) is 18.7 Å². The Balaban J connectivity index is 1.39. The first-order valence-electron chi connectivity index (χ1n) is 12.8. The zero-order valence-corrected chi connectivity index (χ0v) is 22.2. The highest BCUT2D eigenvalue weighted by atomic mass is 127. The average molecular weight is 576 g/mol. The SMILES string of the molecule is CCOC1CC(C2=CCC(F)CC2)OC2(CCN(C(=O)C3=C[C@H](I)C(OCC)CC3)CC2)C1. The Labute approximate surface area is 211 Å². The van der Waals surface area contributed by atoms with Crippen LogP contribution in [-0.4, -0.2) is 71.1 Å². The minimum Gasteiger partial charge on any atom is -0.378 e. The number of hydrogen-bond donors (Lipinski definition) is 0. The number of rotatable bonds is 6. The number of alkyl halides is 2. The molecule has 2 saturated heterocycles. The first-order chi connectivity index (χ1) is 15.9. The topological polar surface area (TPSA) is 48.0 Å². The van der Waals surface area contributed by atoms with Crippen molar-refractivity contribution >= 4 is 28.5 Å². The van der Waals surface area contributed by atoms with Gasteiger partial charge in [0.15, 0.2) is 0 Å². The van der Waals surface area contributed by atoms with Gasteiger partial charge in [0.2, 0.25) is 5.91 Å². The first kappa shape index (κ1) is 25.6. The van der Waals surface area contributed by atoms with Gasteiger partial charge in [0.05, 0.1) is 27.8 Å². The second kappa shape index (κ2) is 11.5. The summed E-state index contributed by atoms with van der Waals surface area (Å²) in [6.07, 6.45) is 10.8. The Morgan fingerprint density at radius 3 is 2.61 bits per heavy atom. The fourth-order valence-electron chi connectivity index (χ4n) is 5.89. The lowest BCUT2D eigenvalue weighted by Gasteiger charge is -2.49. The summed E-state index contributed by atoms with van der Waals surface area (Å²) in [7, 11) is 0. The zero-order chi connectivity index (χ0) is 23.4. The summed E-state index contributed by atoms with van der Waals surface area (Å²) < 4.78 is 32.6. The maximum absolute atomic E-state index is 13.7. The van der Waals surface area contributed by atoms with Crippen molar-refractivity contribution in [1.29, 1.82) is 0 Å². The monoisotopic (exact) mass is 575 g/mol. The van der Waals surface area contributed by atoms with Crippen LogP contribution in [0.3, 0.4) is 0 Å². The molecule has 5 nitrogen and oxygen atoms in total. The van der Waals surface area contributed by atoms with Crippen molar-refractivity contribution in [2.24, 2.45) is 0 Å². The highest BCUT2D eigenvalue weighted by Crippen LogP contribution is 2.42. The molecule has 186 valence electrons. The highest BCUT2D eigenvalue weighted by Gasteiger charge is 2.46. The fraction of sp³-hybridized carbons (Fsp3) is 0.808. The minimum atomic E-state index is -0.719. The smallest absolute Gasteiger partial charge is 0.249 e. The van der Waals surface area contributed by atoms with Crippen molar-refractivity contribution in [3.8, 4) is 0 Å². The molecule has 5 atom stereocenters. The van der Waals surface area contributed by atoms with Crippen molar-refractivity contribution in [3.63, 3.8) is 0 Å². The molecule has 0 aromatic heterocycles. The van der Waals surface area contributed by atoms with Crippen LogP contribution in [0.15, 0.2) is 23.3 Å². The van der Waals surface area contributed by atoms with Gasteiger partial charge in [-0.2, -0.15) is 0 Å². The second-order valence-electron chi connectivity index (χ2n) is 9.92. The van der Waals surface area contributed by atoms with E-state index in [-0.39, 0.29) is 33.7 Å². The van der Waals surface area contributed by atoms with Crippen molar-refractivity contribution in [2.45, 2.75) is 106 Å². The van der Waals surface area contributed by atoms with Gasteiger partial charge in [0.1, 0.15) is 6.17 Å². The van der Waals surface area contributed by atoms with Crippen LogP contribution < -0.4 is 0 Å². The van der Waals surface area contributed by atoms with Gasteiger partial charge in [-0.3, -0.25) is 4.79 Å². The van der Waals surface area contributed by atoms with E-state index in [0.717, 1.165) is 50.5 Å². The molecule has 2 fully saturated rings. The summed E-state index contributed by atoms with van der Waals surface area (Å²) >= 11 is 2.39. The molecule has 7 heteroatoms. The number of hydrogen-bond acceptors (Lipinski definition) is 4. The molecule has 2 heterocycles. The van der Waals surface area contributed by atoms with E-state index in [9.17, 15) is 9.18 Å². The maximum atomic E-state index is 13.7. The Morgan fingerprint density at radius 1 is 1.21 bits per heavy atom. The quantitative estimate of drug-likeness (QED) is 0.245. The van der Waals surface area contributed by atoms with Crippen LogP contribution in [0.5, 0.6) is 0 Å². The van der Waals surface area contributed by atoms with Gasteiger partial charge >= 0.3 is 0 Å². The summed E-state index contributed by atoms with van der Waals surface area (Å²) in [5.74, 6) is 0.180. The van der Waals surface area contributed by atoms with E-state index in [4.69, 9.17) is 14.2 Å². The number of allylic oxidation sites excluding steroid dienone is 1. The summed E-state index contributed by atoms with van der Waals surface area (Å²) in [6.45, 7) is 6.90. The highest BCUT2D eigenvalue weighted by molar-refractivity contribution is 14.1. The van der Waals surface area contributed by atoms with E-state index in [1.165, 1.54) is 5.57 Å². The number of nitrogens with zero attached hydrogens (tertiary/aromatic N) is 1. The van der Waals surface area contributed by atoms with Gasteiger partial charge in [0, 0.05) is 44.7 Å². The molecular weight excluding hydrogens is 536 g/mol. The number of likely N-dealkylation sites (tertiary alicyclic amines) is 1. The van der Waals surface area contributed by atoms with Crippen LogP contribution in [0.4, 0.5) is 4.39 Å². The van der Waals surface area contributed by atoms with E-state index in [0.29, 0.717) is 39.1 Å². The molecule has 1 amide bonds. The summed E-state index contributed by atoms with van der Waals surface area (Å²) in [6, 6.07) is 0. The van der Waals surface area contributed by atoms with E-state index in [2.05, 4.69) is 34.7 Å². The molecule has 2 aliphatic heterocycles. The molecule has 0 bridgehead atoms. The molecule has 0 radical (unpaired) electrons. The standard InChI is InChI=1S/C26H39FINO4/c1-3-31-21-16-24(18-5-8-20(27)9-6-18)33-26(17-21)11-13-29(14-12-26)25(30)19-7-10-23(32-4-2)22(28)15-19/h5,15,20-24H,3-4,6-14,16-17H2,1-2H3/t20?,21?,22-,23?,24?/m0/s1. The molecule has 0 aromatic carbocycles. The Hall–Kier alpha value is -0.510. The summed E-state index contributed by atoms with van der Waals surface area (Å²) in [5.41, 5.74) is 1.93. The molecule has 4 rings (SSSR count). The van der Waals surface area contributed by atoms with Crippen LogP contribution in [0.25, 0.3) is 0 Å². The van der Waals surface area contributed by atoms with E-state index >= 15 is 0 Å². The lowest BCUT2D eigenvalue weighted by molar-refractivity contribution is -0.182. The number of ether oxygens (including phenoxy) is 3. The number of piperidine rings is 1. The van der Waals surface area contributed by atoms with Gasteiger partial charge in [-0.05, 0) is 64.4 Å². The van der Waals surface area contributed by atoms with E-state index < -0.39 is 6.17 Å². The van der Waals surface area contributed by atoms with Crippen LogP contribution in [-0.2, 0) is 19.0 Å². The minimum absolute atomic E-state index is 0.0152. The number of halogens is 2. The van der Waals surface area contributed by atoms with Gasteiger partial charge < -0.3 is 19.1 Å². The third-order valence-corrected chi connectivity index (χ3v) is 8.86. The zero-order valence-electron chi connectivity index (χ0n) is 20.1. The Morgan fingerprint density at radius 2 is 1.97 bits per heavy atom. The number of carbonyl (C=O) groups excluding carboxylic acids is 1. The normalized spacial score (nSPS) is 34.7. The van der Waals surface area contributed by atoms with Crippen molar-refractivity contribution < 1.29 is 23.4 Å². The number of amides is 1. The molecule has 0 N–H and O–H groups in total. The molecule has 1 spiro atoms. The lowest BCUT2D eigenvalue weighted by Crippen LogP contribution is -2.54.